The summed E-state index contributed by atoms with van der Waals surface area (Å²) in [7, 11) is 1.74. The third kappa shape index (κ3) is 2.71. The fraction of sp³-hybridized carbons (Fsp3) is 0.227. The molecule has 1 N–H and O–H groups in total. The predicted octanol–water partition coefficient (Wildman–Crippen LogP) is 4.36. The predicted molar refractivity (Wildman–Crippen MR) is 109 cm³/mol. The number of hydrogen-bond acceptors (Lipinski definition) is 3. The molecule has 0 bridgehead atoms. The minimum atomic E-state index is -0.703. The standard InChI is InChI=1S/C22H19F2N5O/c1-3-15-21(29(22(15)30)14-4-5-18-19(8-14)26-11-25-18)20-16(23)6-12(7-17(20)24)13-9-27-28(2)10-13/h4-11,15,21H,3H2,1-2H3,(H,25,26)/t15-,21-/m1/s1. The summed E-state index contributed by atoms with van der Waals surface area (Å²) in [5, 5.41) is 4.06. The zero-order chi connectivity index (χ0) is 21.0. The van der Waals surface area contributed by atoms with Gasteiger partial charge >= 0.3 is 0 Å². The van der Waals surface area contributed by atoms with E-state index in [4.69, 9.17) is 0 Å². The van der Waals surface area contributed by atoms with E-state index in [0.29, 0.717) is 23.2 Å². The van der Waals surface area contributed by atoms with Crippen LogP contribution in [0.3, 0.4) is 0 Å². The van der Waals surface area contributed by atoms with Gasteiger partial charge in [-0.05, 0) is 42.3 Å². The first kappa shape index (κ1) is 18.5. The molecule has 0 aliphatic carbocycles. The van der Waals surface area contributed by atoms with Crippen LogP contribution in [0.5, 0.6) is 0 Å². The van der Waals surface area contributed by atoms with E-state index in [0.717, 1.165) is 11.0 Å². The molecule has 8 heteroatoms. The van der Waals surface area contributed by atoms with Gasteiger partial charge in [-0.3, -0.25) is 9.48 Å². The zero-order valence-electron chi connectivity index (χ0n) is 16.4. The van der Waals surface area contributed by atoms with Crippen molar-refractivity contribution in [1.29, 1.82) is 0 Å². The highest BCUT2D eigenvalue weighted by Crippen LogP contribution is 2.47. The monoisotopic (exact) mass is 407 g/mol. The van der Waals surface area contributed by atoms with E-state index in [2.05, 4.69) is 15.1 Å². The number of imidazole rings is 1. The maximum atomic E-state index is 15.2. The van der Waals surface area contributed by atoms with Crippen molar-refractivity contribution >= 4 is 22.6 Å². The Labute approximate surface area is 171 Å². The molecule has 2 aromatic heterocycles. The molecule has 2 atom stereocenters. The second-order valence-electron chi connectivity index (χ2n) is 7.53. The summed E-state index contributed by atoms with van der Waals surface area (Å²) in [4.78, 5) is 21.5. The summed E-state index contributed by atoms with van der Waals surface area (Å²) in [6, 6.07) is 7.22. The molecule has 1 fully saturated rings. The van der Waals surface area contributed by atoms with Crippen LogP contribution in [0.1, 0.15) is 24.9 Å². The molecular formula is C22H19F2N5O. The lowest BCUT2D eigenvalue weighted by molar-refractivity contribution is -0.130. The molecule has 30 heavy (non-hydrogen) atoms. The van der Waals surface area contributed by atoms with Crippen LogP contribution in [0.4, 0.5) is 14.5 Å². The summed E-state index contributed by atoms with van der Waals surface area (Å²) < 4.78 is 31.9. The van der Waals surface area contributed by atoms with E-state index in [-0.39, 0.29) is 11.5 Å². The van der Waals surface area contributed by atoms with E-state index in [9.17, 15) is 4.79 Å². The minimum absolute atomic E-state index is 0.0844. The average Bonchev–Trinajstić information content (AvgIpc) is 3.35. The number of amides is 1. The van der Waals surface area contributed by atoms with Crippen molar-refractivity contribution in [3.8, 4) is 11.1 Å². The van der Waals surface area contributed by atoms with E-state index >= 15 is 8.78 Å². The van der Waals surface area contributed by atoms with Crippen LogP contribution < -0.4 is 4.90 Å². The van der Waals surface area contributed by atoms with Crippen LogP contribution in [0.15, 0.2) is 49.1 Å². The number of aromatic amines is 1. The molecule has 2 aromatic carbocycles. The van der Waals surface area contributed by atoms with Crippen molar-refractivity contribution in [3.63, 3.8) is 0 Å². The van der Waals surface area contributed by atoms with Gasteiger partial charge in [0, 0.05) is 30.1 Å². The smallest absolute Gasteiger partial charge is 0.233 e. The summed E-state index contributed by atoms with van der Waals surface area (Å²) in [6.07, 6.45) is 5.31. The summed E-state index contributed by atoms with van der Waals surface area (Å²) in [5.74, 6) is -1.96. The topological polar surface area (TPSA) is 66.8 Å². The highest BCUT2D eigenvalue weighted by molar-refractivity contribution is 6.04. The second-order valence-corrected chi connectivity index (χ2v) is 7.53. The van der Waals surface area contributed by atoms with Crippen LogP contribution >= 0.6 is 0 Å². The lowest BCUT2D eigenvalue weighted by atomic mass is 9.79. The Hall–Kier alpha value is -3.55. The van der Waals surface area contributed by atoms with Crippen molar-refractivity contribution in [3.05, 3.63) is 66.3 Å². The average molecular weight is 407 g/mol. The van der Waals surface area contributed by atoms with Gasteiger partial charge in [-0.25, -0.2) is 13.8 Å². The number of aryl methyl sites for hydroxylation is 1. The van der Waals surface area contributed by atoms with Gasteiger partial charge in [-0.15, -0.1) is 0 Å². The van der Waals surface area contributed by atoms with Gasteiger partial charge in [0.15, 0.2) is 0 Å². The van der Waals surface area contributed by atoms with Crippen molar-refractivity contribution < 1.29 is 13.6 Å². The Morgan fingerprint density at radius 3 is 2.57 bits per heavy atom. The van der Waals surface area contributed by atoms with Gasteiger partial charge in [0.1, 0.15) is 11.6 Å². The quantitative estimate of drug-likeness (QED) is 0.511. The number of nitrogens with zero attached hydrogens (tertiary/aromatic N) is 4. The van der Waals surface area contributed by atoms with E-state index in [1.165, 1.54) is 17.0 Å². The molecule has 0 unspecified atom stereocenters. The number of carbonyl (C=O) groups is 1. The Balaban J connectivity index is 1.58. The van der Waals surface area contributed by atoms with Crippen LogP contribution in [-0.4, -0.2) is 25.7 Å². The van der Waals surface area contributed by atoms with Crippen molar-refractivity contribution in [2.75, 3.05) is 4.90 Å². The summed E-state index contributed by atoms with van der Waals surface area (Å²) >= 11 is 0. The maximum absolute atomic E-state index is 15.2. The van der Waals surface area contributed by atoms with Gasteiger partial charge in [0.2, 0.25) is 5.91 Å². The first-order valence-corrected chi connectivity index (χ1v) is 9.72. The van der Waals surface area contributed by atoms with Gasteiger partial charge < -0.3 is 9.88 Å². The molecule has 0 radical (unpaired) electrons. The van der Waals surface area contributed by atoms with Crippen LogP contribution in [0.2, 0.25) is 0 Å². The number of benzene rings is 2. The molecular weight excluding hydrogens is 388 g/mol. The molecule has 3 heterocycles. The molecule has 1 amide bonds. The molecule has 0 saturated carbocycles. The molecule has 0 spiro atoms. The third-order valence-electron chi connectivity index (χ3n) is 5.75. The Morgan fingerprint density at radius 1 is 1.13 bits per heavy atom. The Bertz CT molecular complexity index is 1250. The lowest BCUT2D eigenvalue weighted by Gasteiger charge is -2.47. The summed E-state index contributed by atoms with van der Waals surface area (Å²) in [5.41, 5.74) is 3.05. The zero-order valence-corrected chi connectivity index (χ0v) is 16.4. The van der Waals surface area contributed by atoms with Gasteiger partial charge in [0.05, 0.1) is 35.5 Å². The normalized spacial score (nSPS) is 18.8. The number of rotatable bonds is 4. The van der Waals surface area contributed by atoms with Gasteiger partial charge in [-0.1, -0.05) is 6.92 Å². The highest BCUT2D eigenvalue weighted by atomic mass is 19.1. The van der Waals surface area contributed by atoms with E-state index < -0.39 is 23.6 Å². The maximum Gasteiger partial charge on any atom is 0.233 e. The minimum Gasteiger partial charge on any atom is -0.345 e. The molecule has 152 valence electrons. The molecule has 1 aliphatic rings. The molecule has 1 saturated heterocycles. The number of fused-ring (bicyclic) bond motifs is 1. The fourth-order valence-electron chi connectivity index (χ4n) is 4.24. The summed E-state index contributed by atoms with van der Waals surface area (Å²) in [6.45, 7) is 1.85. The molecule has 6 nitrogen and oxygen atoms in total. The van der Waals surface area contributed by atoms with Gasteiger partial charge in [0.25, 0.3) is 0 Å². The van der Waals surface area contributed by atoms with E-state index in [1.807, 2.05) is 6.92 Å². The Morgan fingerprint density at radius 2 is 1.90 bits per heavy atom. The van der Waals surface area contributed by atoms with Gasteiger partial charge in [-0.2, -0.15) is 5.10 Å². The number of hydrogen-bond donors (Lipinski definition) is 1. The van der Waals surface area contributed by atoms with Crippen LogP contribution in [-0.2, 0) is 11.8 Å². The first-order chi connectivity index (χ1) is 14.5. The SMILES string of the molecule is CC[C@H]1C(=O)N(c2ccc3nc[nH]c3c2)[C@H]1c1c(F)cc(-c2cnn(C)c2)cc1F. The molecule has 1 aliphatic heterocycles. The highest BCUT2D eigenvalue weighted by Gasteiger charge is 2.50. The third-order valence-corrected chi connectivity index (χ3v) is 5.75. The fourth-order valence-corrected chi connectivity index (χ4v) is 4.24. The van der Waals surface area contributed by atoms with Crippen molar-refractivity contribution in [2.24, 2.45) is 13.0 Å². The Kier molecular flexibility index (Phi) is 4.16. The number of halogens is 2. The molecule has 4 aromatic rings. The number of nitrogens with one attached hydrogen (secondary N) is 1. The number of aromatic nitrogens is 4. The van der Waals surface area contributed by atoms with Crippen LogP contribution in [0.25, 0.3) is 22.2 Å². The lowest BCUT2D eigenvalue weighted by Crippen LogP contribution is -2.55. The largest absolute Gasteiger partial charge is 0.345 e. The number of β-lactam (4-membered cyclic amide) rings is 1. The van der Waals surface area contributed by atoms with Crippen molar-refractivity contribution in [2.45, 2.75) is 19.4 Å². The number of anilines is 1. The number of H-pyrrole nitrogens is 1. The van der Waals surface area contributed by atoms with Crippen LogP contribution in [0, 0.1) is 17.6 Å². The second kappa shape index (κ2) is 6.76. The first-order valence-electron chi connectivity index (χ1n) is 9.72. The van der Waals surface area contributed by atoms with Crippen molar-refractivity contribution in [1.82, 2.24) is 19.7 Å². The molecule has 5 rings (SSSR count). The number of carbonyl (C=O) groups excluding carboxylic acids is 1. The van der Waals surface area contributed by atoms with E-state index in [1.54, 1.807) is 48.6 Å².